The average molecular weight is 417 g/mol. The molecule has 5 nitrogen and oxygen atoms in total. The van der Waals surface area contributed by atoms with Gasteiger partial charge < -0.3 is 20.1 Å². The monoisotopic (exact) mass is 416 g/mol. The summed E-state index contributed by atoms with van der Waals surface area (Å²) in [6.45, 7) is 3.33. The molecule has 0 unspecified atom stereocenters. The average Bonchev–Trinajstić information content (AvgIpc) is 2.74. The normalized spacial score (nSPS) is 14.2. The fourth-order valence-corrected chi connectivity index (χ4v) is 3.60. The summed E-state index contributed by atoms with van der Waals surface area (Å²) in [5, 5.41) is 0. The van der Waals surface area contributed by atoms with Gasteiger partial charge >= 0.3 is 0 Å². The van der Waals surface area contributed by atoms with Gasteiger partial charge in [0.05, 0.1) is 13.7 Å². The number of methoxy groups -OCH3 is 1. The number of hydrogen-bond donors (Lipinski definition) is 1. The molecule has 2 aromatic rings. The lowest BCUT2D eigenvalue weighted by Gasteiger charge is -2.30. The van der Waals surface area contributed by atoms with E-state index in [4.69, 9.17) is 15.2 Å². The van der Waals surface area contributed by atoms with Crippen LogP contribution in [-0.2, 0) is 9.53 Å². The number of carbonyl (C=O) groups excluding carboxylic acids is 1. The first-order valence-corrected chi connectivity index (χ1v) is 9.67. The minimum Gasteiger partial charge on any atom is -0.497 e. The fraction of sp³-hybridized carbons (Fsp3) is 0.348. The molecule has 0 radical (unpaired) electrons. The van der Waals surface area contributed by atoms with Gasteiger partial charge in [-0.15, -0.1) is 12.4 Å². The van der Waals surface area contributed by atoms with Gasteiger partial charge in [-0.1, -0.05) is 48.0 Å². The van der Waals surface area contributed by atoms with Gasteiger partial charge in [-0.05, 0) is 41.7 Å². The summed E-state index contributed by atoms with van der Waals surface area (Å²) in [5.41, 5.74) is 10.4. The summed E-state index contributed by atoms with van der Waals surface area (Å²) in [4.78, 5) is 13.1. The number of primary amides is 1. The number of likely N-dealkylation sites (tertiary alicyclic amines) is 1. The zero-order valence-electron chi connectivity index (χ0n) is 16.8. The predicted octanol–water partition coefficient (Wildman–Crippen LogP) is 3.52. The number of hydrogen-bond acceptors (Lipinski definition) is 4. The molecule has 3 rings (SSSR count). The Morgan fingerprint density at radius 2 is 1.62 bits per heavy atom. The van der Waals surface area contributed by atoms with Crippen LogP contribution < -0.4 is 10.5 Å². The molecule has 1 aliphatic rings. The molecule has 0 aromatic heterocycles. The van der Waals surface area contributed by atoms with Gasteiger partial charge in [-0.2, -0.15) is 0 Å². The van der Waals surface area contributed by atoms with Crippen molar-refractivity contribution >= 4 is 23.9 Å². The molecule has 1 heterocycles. The zero-order valence-corrected chi connectivity index (χ0v) is 17.6. The minimum absolute atomic E-state index is 0. The van der Waals surface area contributed by atoms with E-state index < -0.39 is 5.91 Å². The van der Waals surface area contributed by atoms with E-state index in [1.807, 2.05) is 12.1 Å². The van der Waals surface area contributed by atoms with E-state index in [0.717, 1.165) is 38.2 Å². The number of carbonyl (C=O) groups is 1. The summed E-state index contributed by atoms with van der Waals surface area (Å²) < 4.78 is 10.6. The Kier molecular flexibility index (Phi) is 9.19. The molecule has 6 heteroatoms. The highest BCUT2D eigenvalue weighted by Gasteiger charge is 2.19. The minimum atomic E-state index is -0.421. The molecule has 0 bridgehead atoms. The number of nitrogens with zero attached hydrogens (tertiary/aromatic N) is 1. The number of benzene rings is 2. The lowest BCUT2D eigenvalue weighted by atomic mass is 9.88. The van der Waals surface area contributed by atoms with Gasteiger partial charge in [0.2, 0.25) is 5.91 Å². The van der Waals surface area contributed by atoms with Gasteiger partial charge in [0.1, 0.15) is 12.4 Å². The summed E-state index contributed by atoms with van der Waals surface area (Å²) in [5.74, 6) is 0.447. The molecule has 1 saturated heterocycles. The topological polar surface area (TPSA) is 64.8 Å². The van der Waals surface area contributed by atoms with Crippen LogP contribution in [0.15, 0.2) is 60.2 Å². The molecule has 0 spiro atoms. The summed E-state index contributed by atoms with van der Waals surface area (Å²) in [6, 6.07) is 18.9. The molecular weight excluding hydrogens is 388 g/mol. The second kappa shape index (κ2) is 11.6. The standard InChI is InChI=1S/C23H28N2O3.ClH/c1-27-21-9-7-19(8-10-21)23(18-5-3-2-4-6-18)20-11-13-25(14-12-20)15-16-28-17-22(24)26;/h2-10H,11-17H2,1H3,(H2,24,26);1H. The quantitative estimate of drug-likeness (QED) is 0.669. The van der Waals surface area contributed by atoms with Crippen LogP contribution in [0, 0.1) is 0 Å². The van der Waals surface area contributed by atoms with Crippen molar-refractivity contribution < 1.29 is 14.3 Å². The lowest BCUT2D eigenvalue weighted by Crippen LogP contribution is -2.34. The van der Waals surface area contributed by atoms with Crippen molar-refractivity contribution in [1.29, 1.82) is 0 Å². The van der Waals surface area contributed by atoms with Crippen molar-refractivity contribution in [3.8, 4) is 5.75 Å². The van der Waals surface area contributed by atoms with Crippen LogP contribution in [-0.4, -0.2) is 50.8 Å². The van der Waals surface area contributed by atoms with Crippen LogP contribution in [0.3, 0.4) is 0 Å². The molecule has 0 aliphatic carbocycles. The molecule has 2 aromatic carbocycles. The Hall–Kier alpha value is -2.34. The van der Waals surface area contributed by atoms with E-state index in [-0.39, 0.29) is 19.0 Å². The second-order valence-corrected chi connectivity index (χ2v) is 6.93. The van der Waals surface area contributed by atoms with E-state index >= 15 is 0 Å². The summed E-state index contributed by atoms with van der Waals surface area (Å²) in [7, 11) is 1.69. The highest BCUT2D eigenvalue weighted by atomic mass is 35.5. The van der Waals surface area contributed by atoms with Crippen LogP contribution >= 0.6 is 12.4 Å². The predicted molar refractivity (Wildman–Crippen MR) is 118 cm³/mol. The summed E-state index contributed by atoms with van der Waals surface area (Å²) >= 11 is 0. The first-order valence-electron chi connectivity index (χ1n) is 9.67. The van der Waals surface area contributed by atoms with Gasteiger partial charge in [0.15, 0.2) is 0 Å². The molecule has 1 aliphatic heterocycles. The van der Waals surface area contributed by atoms with Crippen molar-refractivity contribution in [2.24, 2.45) is 5.73 Å². The highest BCUT2D eigenvalue weighted by molar-refractivity contribution is 5.85. The first-order chi connectivity index (χ1) is 13.7. The first kappa shape index (κ1) is 22.9. The Labute approximate surface area is 178 Å². The number of ether oxygens (including phenoxy) is 2. The van der Waals surface area contributed by atoms with Gasteiger partial charge in [-0.3, -0.25) is 4.79 Å². The van der Waals surface area contributed by atoms with Gasteiger partial charge in [0, 0.05) is 19.6 Å². The number of nitrogens with two attached hydrogens (primary N) is 1. The molecule has 1 fully saturated rings. The van der Waals surface area contributed by atoms with E-state index in [1.165, 1.54) is 22.3 Å². The third-order valence-corrected chi connectivity index (χ3v) is 5.05. The van der Waals surface area contributed by atoms with Crippen molar-refractivity contribution in [2.45, 2.75) is 12.8 Å². The van der Waals surface area contributed by atoms with Crippen molar-refractivity contribution in [1.82, 2.24) is 4.90 Å². The number of halogens is 1. The highest BCUT2D eigenvalue weighted by Crippen LogP contribution is 2.33. The molecule has 2 N–H and O–H groups in total. The van der Waals surface area contributed by atoms with Crippen molar-refractivity contribution in [3.05, 3.63) is 71.3 Å². The van der Waals surface area contributed by atoms with Crippen LogP contribution in [0.25, 0.3) is 5.57 Å². The third kappa shape index (κ3) is 6.60. The maximum atomic E-state index is 10.7. The van der Waals surface area contributed by atoms with Crippen molar-refractivity contribution in [2.75, 3.05) is 40.0 Å². The smallest absolute Gasteiger partial charge is 0.243 e. The fourth-order valence-electron chi connectivity index (χ4n) is 3.60. The largest absolute Gasteiger partial charge is 0.497 e. The van der Waals surface area contributed by atoms with Crippen LogP contribution in [0.2, 0.25) is 0 Å². The van der Waals surface area contributed by atoms with Crippen molar-refractivity contribution in [3.63, 3.8) is 0 Å². The molecular formula is C23H29ClN2O3. The second-order valence-electron chi connectivity index (χ2n) is 6.93. The lowest BCUT2D eigenvalue weighted by molar-refractivity contribution is -0.122. The Morgan fingerprint density at radius 1 is 1.00 bits per heavy atom. The van der Waals surface area contributed by atoms with Gasteiger partial charge in [0.25, 0.3) is 0 Å². The maximum absolute atomic E-state index is 10.7. The van der Waals surface area contributed by atoms with E-state index in [0.29, 0.717) is 6.61 Å². The molecule has 29 heavy (non-hydrogen) atoms. The zero-order chi connectivity index (χ0) is 19.8. The maximum Gasteiger partial charge on any atom is 0.243 e. The van der Waals surface area contributed by atoms with Crippen LogP contribution in [0.4, 0.5) is 0 Å². The molecule has 0 atom stereocenters. The summed E-state index contributed by atoms with van der Waals surface area (Å²) in [6.07, 6.45) is 2.04. The molecule has 156 valence electrons. The Balaban J connectivity index is 0.00000300. The Bertz CT molecular complexity index is 797. The number of rotatable bonds is 8. The SMILES string of the molecule is COc1ccc(C(=C2CCN(CCOCC(N)=O)CC2)c2ccccc2)cc1.Cl. The number of amides is 1. The Morgan fingerprint density at radius 3 is 2.21 bits per heavy atom. The van der Waals surface area contributed by atoms with E-state index in [9.17, 15) is 4.79 Å². The number of piperidine rings is 1. The molecule has 1 amide bonds. The third-order valence-electron chi connectivity index (χ3n) is 5.05. The van der Waals surface area contributed by atoms with Crippen LogP contribution in [0.1, 0.15) is 24.0 Å². The van der Waals surface area contributed by atoms with Crippen LogP contribution in [0.5, 0.6) is 5.75 Å². The van der Waals surface area contributed by atoms with E-state index in [1.54, 1.807) is 7.11 Å². The van der Waals surface area contributed by atoms with Gasteiger partial charge in [-0.25, -0.2) is 0 Å². The van der Waals surface area contributed by atoms with E-state index in [2.05, 4.69) is 47.4 Å². The molecule has 0 saturated carbocycles.